The number of halogens is 2. The van der Waals surface area contributed by atoms with Crippen LogP contribution >= 0.6 is 0 Å². The number of carbonyl (C=O) groups is 1. The lowest BCUT2D eigenvalue weighted by atomic mass is 10.2. The first-order chi connectivity index (χ1) is 13.0. The van der Waals surface area contributed by atoms with E-state index in [1.54, 1.807) is 36.4 Å². The number of hydrogen-bond acceptors (Lipinski definition) is 4. The van der Waals surface area contributed by atoms with Crippen LogP contribution in [0.4, 0.5) is 14.5 Å². The summed E-state index contributed by atoms with van der Waals surface area (Å²) < 4.78 is 39.5. The monoisotopic (exact) mass is 377 g/mol. The van der Waals surface area contributed by atoms with E-state index in [0.29, 0.717) is 36.0 Å². The third-order valence-corrected chi connectivity index (χ3v) is 3.34. The van der Waals surface area contributed by atoms with Crippen molar-refractivity contribution < 1.29 is 27.8 Å². The smallest absolute Gasteiger partial charge is 0.387 e. The van der Waals surface area contributed by atoms with E-state index in [0.717, 1.165) is 0 Å². The van der Waals surface area contributed by atoms with Crippen LogP contribution in [-0.4, -0.2) is 25.7 Å². The molecule has 0 aliphatic carbocycles. The number of anilines is 1. The van der Waals surface area contributed by atoms with E-state index in [2.05, 4.69) is 10.1 Å². The van der Waals surface area contributed by atoms with Crippen LogP contribution in [-0.2, 0) is 4.79 Å². The molecule has 2 aromatic rings. The Hall–Kier alpha value is -3.09. The van der Waals surface area contributed by atoms with Gasteiger partial charge in [-0.2, -0.15) is 8.78 Å². The van der Waals surface area contributed by atoms with E-state index < -0.39 is 6.61 Å². The molecule has 0 fully saturated rings. The van der Waals surface area contributed by atoms with E-state index in [1.807, 2.05) is 13.8 Å². The molecule has 2 aromatic carbocycles. The maximum absolute atomic E-state index is 12.1. The van der Waals surface area contributed by atoms with E-state index in [4.69, 9.17) is 9.47 Å². The minimum absolute atomic E-state index is 0.0597. The first-order valence-corrected chi connectivity index (χ1v) is 8.45. The average Bonchev–Trinajstić information content (AvgIpc) is 2.63. The van der Waals surface area contributed by atoms with Crippen LogP contribution in [0.15, 0.2) is 48.5 Å². The van der Waals surface area contributed by atoms with Crippen molar-refractivity contribution in [3.05, 3.63) is 54.1 Å². The number of amides is 1. The third-order valence-electron chi connectivity index (χ3n) is 3.34. The summed E-state index contributed by atoms with van der Waals surface area (Å²) >= 11 is 0. The molecule has 0 heterocycles. The summed E-state index contributed by atoms with van der Waals surface area (Å²) in [5.74, 6) is 0.883. The number of ether oxygens (including phenoxy) is 3. The largest absolute Gasteiger partial charge is 0.490 e. The number of nitrogens with one attached hydrogen (secondary N) is 1. The Morgan fingerprint density at radius 1 is 1.04 bits per heavy atom. The molecule has 0 aromatic heterocycles. The Labute approximate surface area is 156 Å². The Kier molecular flexibility index (Phi) is 7.61. The molecule has 1 N–H and O–H groups in total. The summed E-state index contributed by atoms with van der Waals surface area (Å²) in [6, 6.07) is 11.1. The number of carbonyl (C=O) groups excluding carboxylic acids is 1. The van der Waals surface area contributed by atoms with Crippen molar-refractivity contribution in [3.8, 4) is 17.2 Å². The summed E-state index contributed by atoms with van der Waals surface area (Å²) in [5, 5.41) is 2.73. The van der Waals surface area contributed by atoms with E-state index in [-0.39, 0.29) is 11.7 Å². The lowest BCUT2D eigenvalue weighted by molar-refractivity contribution is -0.111. The van der Waals surface area contributed by atoms with Gasteiger partial charge in [0.25, 0.3) is 0 Å². The molecular weight excluding hydrogens is 356 g/mol. The van der Waals surface area contributed by atoms with Gasteiger partial charge < -0.3 is 19.5 Å². The predicted octanol–water partition coefficient (Wildman–Crippen LogP) is 4.74. The molecule has 7 heteroatoms. The second kappa shape index (κ2) is 10.2. The van der Waals surface area contributed by atoms with E-state index in [1.165, 1.54) is 18.2 Å². The summed E-state index contributed by atoms with van der Waals surface area (Å²) in [7, 11) is 0. The van der Waals surface area contributed by atoms with Crippen LogP contribution in [0.5, 0.6) is 17.2 Å². The molecule has 144 valence electrons. The predicted molar refractivity (Wildman–Crippen MR) is 99.5 cm³/mol. The molecule has 0 saturated heterocycles. The van der Waals surface area contributed by atoms with E-state index >= 15 is 0 Å². The number of hydrogen-bond donors (Lipinski definition) is 1. The highest BCUT2D eigenvalue weighted by atomic mass is 19.3. The molecule has 0 radical (unpaired) electrons. The number of benzene rings is 2. The van der Waals surface area contributed by atoms with Gasteiger partial charge in [0.15, 0.2) is 11.5 Å². The zero-order chi connectivity index (χ0) is 19.6. The maximum Gasteiger partial charge on any atom is 0.387 e. The van der Waals surface area contributed by atoms with Gasteiger partial charge in [0.05, 0.1) is 13.2 Å². The lowest BCUT2D eigenvalue weighted by Crippen LogP contribution is -2.08. The van der Waals surface area contributed by atoms with Gasteiger partial charge in [-0.05, 0) is 49.8 Å². The fraction of sp³-hybridized carbons (Fsp3) is 0.250. The van der Waals surface area contributed by atoms with Gasteiger partial charge in [-0.15, -0.1) is 0 Å². The number of alkyl halides is 2. The normalized spacial score (nSPS) is 10.9. The highest BCUT2D eigenvalue weighted by molar-refractivity contribution is 6.02. The molecule has 1 amide bonds. The van der Waals surface area contributed by atoms with Crippen LogP contribution in [0.3, 0.4) is 0 Å². The highest BCUT2D eigenvalue weighted by Crippen LogP contribution is 2.30. The second-order valence-corrected chi connectivity index (χ2v) is 5.30. The molecule has 0 aliphatic rings. The van der Waals surface area contributed by atoms with Crippen LogP contribution in [0, 0.1) is 0 Å². The highest BCUT2D eigenvalue weighted by Gasteiger charge is 2.07. The fourth-order valence-electron chi connectivity index (χ4n) is 2.25. The van der Waals surface area contributed by atoms with Crippen LogP contribution < -0.4 is 19.5 Å². The molecule has 27 heavy (non-hydrogen) atoms. The van der Waals surface area contributed by atoms with Crippen LogP contribution in [0.2, 0.25) is 0 Å². The van der Waals surface area contributed by atoms with Gasteiger partial charge in [0, 0.05) is 17.8 Å². The van der Waals surface area contributed by atoms with Crippen molar-refractivity contribution in [2.45, 2.75) is 20.5 Å². The van der Waals surface area contributed by atoms with E-state index in [9.17, 15) is 13.6 Å². The zero-order valence-electron chi connectivity index (χ0n) is 15.1. The van der Waals surface area contributed by atoms with Crippen molar-refractivity contribution in [2.75, 3.05) is 18.5 Å². The third kappa shape index (κ3) is 6.62. The van der Waals surface area contributed by atoms with Gasteiger partial charge in [0.2, 0.25) is 5.91 Å². The van der Waals surface area contributed by atoms with Crippen molar-refractivity contribution in [1.29, 1.82) is 0 Å². The van der Waals surface area contributed by atoms with Crippen LogP contribution in [0.1, 0.15) is 19.4 Å². The SMILES string of the molecule is CCOc1ccc(NC(=O)/C=C/c2ccc(OC(F)F)cc2)cc1OCC. The van der Waals surface area contributed by atoms with Crippen molar-refractivity contribution in [3.63, 3.8) is 0 Å². The van der Waals surface area contributed by atoms with Crippen molar-refractivity contribution in [1.82, 2.24) is 0 Å². The molecule has 5 nitrogen and oxygen atoms in total. The second-order valence-electron chi connectivity index (χ2n) is 5.30. The molecule has 0 unspecified atom stereocenters. The van der Waals surface area contributed by atoms with Gasteiger partial charge >= 0.3 is 6.61 Å². The summed E-state index contributed by atoms with van der Waals surface area (Å²) in [6.45, 7) is 1.86. The molecule has 0 saturated carbocycles. The van der Waals surface area contributed by atoms with Gasteiger partial charge in [-0.1, -0.05) is 12.1 Å². The van der Waals surface area contributed by atoms with Gasteiger partial charge in [-0.3, -0.25) is 4.79 Å². The van der Waals surface area contributed by atoms with Crippen molar-refractivity contribution in [2.24, 2.45) is 0 Å². The quantitative estimate of drug-likeness (QED) is 0.642. The van der Waals surface area contributed by atoms with Gasteiger partial charge in [-0.25, -0.2) is 0 Å². The minimum Gasteiger partial charge on any atom is -0.490 e. The van der Waals surface area contributed by atoms with Gasteiger partial charge in [0.1, 0.15) is 5.75 Å². The van der Waals surface area contributed by atoms with Crippen molar-refractivity contribution >= 4 is 17.7 Å². The lowest BCUT2D eigenvalue weighted by Gasteiger charge is -2.12. The van der Waals surface area contributed by atoms with Crippen LogP contribution in [0.25, 0.3) is 6.08 Å². The average molecular weight is 377 g/mol. The molecule has 0 aliphatic heterocycles. The maximum atomic E-state index is 12.1. The molecule has 0 atom stereocenters. The Bertz CT molecular complexity index is 776. The standard InChI is InChI=1S/C20H21F2NO4/c1-3-25-17-11-8-15(13-18(17)26-4-2)23-19(24)12-7-14-5-9-16(10-6-14)27-20(21)22/h5-13,20H,3-4H2,1-2H3,(H,23,24)/b12-7+. The summed E-state index contributed by atoms with van der Waals surface area (Å²) in [5.41, 5.74) is 1.24. The zero-order valence-corrected chi connectivity index (χ0v) is 15.1. The Morgan fingerprint density at radius 3 is 2.33 bits per heavy atom. The molecule has 0 bridgehead atoms. The topological polar surface area (TPSA) is 56.8 Å². The fourth-order valence-corrected chi connectivity index (χ4v) is 2.25. The Morgan fingerprint density at radius 2 is 1.70 bits per heavy atom. The molecule has 0 spiro atoms. The molecule has 2 rings (SSSR count). The number of rotatable bonds is 9. The summed E-state index contributed by atoms with van der Waals surface area (Å²) in [4.78, 5) is 12.1. The first kappa shape index (κ1) is 20.2. The minimum atomic E-state index is -2.87. The molecular formula is C20H21F2NO4. The summed E-state index contributed by atoms with van der Waals surface area (Å²) in [6.07, 6.45) is 2.92. The Balaban J connectivity index is 2.00. The first-order valence-electron chi connectivity index (χ1n) is 8.45.